The minimum absolute atomic E-state index is 0.0216. The van der Waals surface area contributed by atoms with Crippen molar-refractivity contribution >= 4 is 40.9 Å². The zero-order valence-electron chi connectivity index (χ0n) is 18.8. The van der Waals surface area contributed by atoms with Gasteiger partial charge in [0.15, 0.2) is 0 Å². The smallest absolute Gasteiger partial charge is 0.411 e. The Bertz CT molecular complexity index is 1140. The summed E-state index contributed by atoms with van der Waals surface area (Å²) < 4.78 is 20.1. The van der Waals surface area contributed by atoms with Gasteiger partial charge in [-0.05, 0) is 44.9 Å². The molecule has 3 N–H and O–H groups in total. The Kier molecular flexibility index (Phi) is 6.72. The van der Waals surface area contributed by atoms with Crippen molar-refractivity contribution < 1.29 is 23.8 Å². The number of benzene rings is 1. The Balaban J connectivity index is 1.74. The minimum Gasteiger partial charge on any atom is -0.465 e. The van der Waals surface area contributed by atoms with E-state index in [4.69, 9.17) is 16.3 Å². The number of hydrogen-bond acceptors (Lipinski definition) is 6. The fourth-order valence-electron chi connectivity index (χ4n) is 4.25. The van der Waals surface area contributed by atoms with Crippen LogP contribution < -0.4 is 10.6 Å². The molecular formula is C23H25ClFN5O4. The van der Waals surface area contributed by atoms with E-state index in [-0.39, 0.29) is 35.0 Å². The van der Waals surface area contributed by atoms with E-state index in [2.05, 4.69) is 20.6 Å². The Morgan fingerprint density at radius 3 is 2.68 bits per heavy atom. The van der Waals surface area contributed by atoms with Crippen molar-refractivity contribution in [2.24, 2.45) is 4.99 Å². The topological polar surface area (TPSA) is 116 Å². The van der Waals surface area contributed by atoms with Crippen LogP contribution in [0.2, 0.25) is 5.02 Å². The van der Waals surface area contributed by atoms with E-state index in [9.17, 15) is 19.1 Å². The van der Waals surface area contributed by atoms with Crippen LogP contribution in [0.1, 0.15) is 37.4 Å². The standard InChI is InChI=1S/C23H25ClFN5O4/c1-13-3-4-14(12-26-13)27-20-17(25)6-5-16(19(20)24)23(2)11-18(31)30(15-7-9-34-10-8-15)21(29-23)28-22(32)33/h3-6,12,15,27H,7-11H2,1-2H3,(H,28,29)(H,32,33)/t23-/m0/s1. The molecule has 1 aromatic heterocycles. The maximum atomic E-state index is 14.7. The molecule has 3 heterocycles. The highest BCUT2D eigenvalue weighted by molar-refractivity contribution is 6.34. The van der Waals surface area contributed by atoms with Gasteiger partial charge in [0, 0.05) is 30.5 Å². The largest absolute Gasteiger partial charge is 0.465 e. The Morgan fingerprint density at radius 2 is 2.03 bits per heavy atom. The highest BCUT2D eigenvalue weighted by atomic mass is 35.5. The molecule has 0 bridgehead atoms. The van der Waals surface area contributed by atoms with Crippen LogP contribution in [0.3, 0.4) is 0 Å². The average molecular weight is 490 g/mol. The molecule has 9 nitrogen and oxygen atoms in total. The van der Waals surface area contributed by atoms with E-state index in [1.165, 1.54) is 17.0 Å². The van der Waals surface area contributed by atoms with E-state index in [0.29, 0.717) is 37.3 Å². The maximum Gasteiger partial charge on any atom is 0.411 e. The van der Waals surface area contributed by atoms with Crippen LogP contribution in [0.5, 0.6) is 0 Å². The SMILES string of the molecule is Cc1ccc(Nc2c(F)ccc([C@]3(C)CC(=O)N(C4CCOCC4)C(NC(=O)O)=N3)c2Cl)cn1. The molecule has 1 saturated heterocycles. The second-order valence-electron chi connectivity index (χ2n) is 8.52. The van der Waals surface area contributed by atoms with Crippen molar-refractivity contribution in [3.8, 4) is 0 Å². The number of carboxylic acid groups (broad SMARTS) is 1. The van der Waals surface area contributed by atoms with Gasteiger partial charge in [-0.25, -0.2) is 14.2 Å². The molecule has 1 fully saturated rings. The van der Waals surface area contributed by atoms with Crippen LogP contribution in [-0.2, 0) is 15.1 Å². The lowest BCUT2D eigenvalue weighted by Gasteiger charge is -2.41. The van der Waals surface area contributed by atoms with Gasteiger partial charge in [-0.1, -0.05) is 17.7 Å². The van der Waals surface area contributed by atoms with Crippen molar-refractivity contribution in [2.75, 3.05) is 18.5 Å². The number of amides is 2. The fraction of sp³-hybridized carbons (Fsp3) is 0.391. The third kappa shape index (κ3) is 4.83. The van der Waals surface area contributed by atoms with Crippen molar-refractivity contribution in [3.05, 3.63) is 52.6 Å². The Hall–Kier alpha value is -3.24. The summed E-state index contributed by atoms with van der Waals surface area (Å²) in [5.41, 5.74) is 0.538. The number of halogens is 2. The molecule has 0 aliphatic carbocycles. The number of anilines is 2. The van der Waals surface area contributed by atoms with Gasteiger partial charge in [0.1, 0.15) is 5.82 Å². The molecule has 2 amide bonds. The molecule has 0 radical (unpaired) electrons. The molecule has 1 aromatic carbocycles. The Morgan fingerprint density at radius 1 is 1.29 bits per heavy atom. The zero-order valence-corrected chi connectivity index (χ0v) is 19.5. The van der Waals surface area contributed by atoms with Crippen LogP contribution in [0.4, 0.5) is 20.6 Å². The summed E-state index contributed by atoms with van der Waals surface area (Å²) in [5, 5.41) is 14.6. The maximum absolute atomic E-state index is 14.7. The third-order valence-electron chi connectivity index (χ3n) is 5.97. The molecule has 180 valence electrons. The lowest BCUT2D eigenvalue weighted by molar-refractivity contribution is -0.132. The number of pyridine rings is 1. The number of guanidine groups is 1. The average Bonchev–Trinajstić information content (AvgIpc) is 2.77. The summed E-state index contributed by atoms with van der Waals surface area (Å²) in [6.07, 6.45) is 1.29. The fourth-order valence-corrected chi connectivity index (χ4v) is 4.66. The van der Waals surface area contributed by atoms with Gasteiger partial charge < -0.3 is 15.2 Å². The van der Waals surface area contributed by atoms with Crippen LogP contribution in [0.25, 0.3) is 0 Å². The summed E-state index contributed by atoms with van der Waals surface area (Å²) in [6.45, 7) is 4.45. The molecule has 1 atom stereocenters. The molecule has 11 heteroatoms. The van der Waals surface area contributed by atoms with Gasteiger partial charge in [-0.3, -0.25) is 20.0 Å². The number of ether oxygens (including phenoxy) is 1. The van der Waals surface area contributed by atoms with E-state index >= 15 is 0 Å². The Labute approximate surface area is 201 Å². The van der Waals surface area contributed by atoms with E-state index in [1.54, 1.807) is 25.3 Å². The normalized spacial score (nSPS) is 21.2. The first-order chi connectivity index (χ1) is 16.2. The van der Waals surface area contributed by atoms with Gasteiger partial charge in [0.2, 0.25) is 11.9 Å². The van der Waals surface area contributed by atoms with Gasteiger partial charge in [0.05, 0.1) is 34.6 Å². The molecule has 2 aliphatic heterocycles. The second kappa shape index (κ2) is 9.55. The van der Waals surface area contributed by atoms with Crippen molar-refractivity contribution in [1.82, 2.24) is 15.2 Å². The number of carbonyl (C=O) groups excluding carboxylic acids is 1. The number of hydrogen-bond donors (Lipinski definition) is 3. The molecule has 2 aromatic rings. The summed E-state index contributed by atoms with van der Waals surface area (Å²) in [4.78, 5) is 35.0. The molecule has 0 spiro atoms. The molecule has 34 heavy (non-hydrogen) atoms. The number of aryl methyl sites for hydroxylation is 1. The quantitative estimate of drug-likeness (QED) is 0.593. The molecule has 0 unspecified atom stereocenters. The number of nitrogens with zero attached hydrogens (tertiary/aromatic N) is 3. The van der Waals surface area contributed by atoms with E-state index in [1.807, 2.05) is 6.92 Å². The number of nitrogens with one attached hydrogen (secondary N) is 2. The molecule has 0 saturated carbocycles. The second-order valence-corrected chi connectivity index (χ2v) is 8.90. The lowest BCUT2D eigenvalue weighted by Crippen LogP contribution is -2.57. The van der Waals surface area contributed by atoms with Gasteiger partial charge in [-0.15, -0.1) is 0 Å². The summed E-state index contributed by atoms with van der Waals surface area (Å²) >= 11 is 6.63. The predicted molar refractivity (Wildman–Crippen MR) is 125 cm³/mol. The number of carbonyl (C=O) groups is 2. The highest BCUT2D eigenvalue weighted by Crippen LogP contribution is 2.42. The van der Waals surface area contributed by atoms with Gasteiger partial charge in [-0.2, -0.15) is 0 Å². The number of rotatable bonds is 4. The van der Waals surface area contributed by atoms with Crippen LogP contribution in [-0.4, -0.2) is 52.2 Å². The van der Waals surface area contributed by atoms with Crippen LogP contribution >= 0.6 is 11.6 Å². The van der Waals surface area contributed by atoms with Crippen LogP contribution in [0, 0.1) is 12.7 Å². The van der Waals surface area contributed by atoms with Gasteiger partial charge in [0.25, 0.3) is 0 Å². The van der Waals surface area contributed by atoms with Crippen molar-refractivity contribution in [1.29, 1.82) is 0 Å². The van der Waals surface area contributed by atoms with E-state index in [0.717, 1.165) is 5.69 Å². The minimum atomic E-state index is -1.34. The number of aromatic nitrogens is 1. The summed E-state index contributed by atoms with van der Waals surface area (Å²) in [7, 11) is 0. The molecular weight excluding hydrogens is 465 g/mol. The first-order valence-corrected chi connectivity index (χ1v) is 11.2. The van der Waals surface area contributed by atoms with Crippen LogP contribution in [0.15, 0.2) is 35.5 Å². The van der Waals surface area contributed by atoms with E-state index < -0.39 is 17.4 Å². The highest BCUT2D eigenvalue weighted by Gasteiger charge is 2.43. The first-order valence-electron chi connectivity index (χ1n) is 10.9. The monoisotopic (exact) mass is 489 g/mol. The number of aliphatic imine (C=N–C) groups is 1. The van der Waals surface area contributed by atoms with Crippen molar-refractivity contribution in [2.45, 2.75) is 44.7 Å². The zero-order chi connectivity index (χ0) is 24.5. The summed E-state index contributed by atoms with van der Waals surface area (Å²) in [6, 6.07) is 6.00. The molecule has 4 rings (SSSR count). The first kappa shape index (κ1) is 23.9. The molecule has 2 aliphatic rings. The third-order valence-corrected chi connectivity index (χ3v) is 6.36. The lowest BCUT2D eigenvalue weighted by atomic mass is 9.86. The predicted octanol–water partition coefficient (Wildman–Crippen LogP) is 4.18. The van der Waals surface area contributed by atoms with Gasteiger partial charge >= 0.3 is 6.09 Å². The van der Waals surface area contributed by atoms with Crippen molar-refractivity contribution in [3.63, 3.8) is 0 Å². The summed E-state index contributed by atoms with van der Waals surface area (Å²) in [5.74, 6) is -0.960.